The molecule has 0 aliphatic carbocycles. The van der Waals surface area contributed by atoms with E-state index >= 15 is 0 Å². The molecule has 3 rings (SSSR count). The number of hydrogen-bond donors (Lipinski definition) is 2. The molecule has 1 unspecified atom stereocenters. The van der Waals surface area contributed by atoms with Gasteiger partial charge in [0, 0.05) is 22.9 Å². The van der Waals surface area contributed by atoms with E-state index in [2.05, 4.69) is 14.7 Å². The molecule has 0 aliphatic rings. The predicted molar refractivity (Wildman–Crippen MR) is 117 cm³/mol. The van der Waals surface area contributed by atoms with E-state index in [9.17, 15) is 13.2 Å². The van der Waals surface area contributed by atoms with Gasteiger partial charge >= 0.3 is 0 Å². The lowest BCUT2D eigenvalue weighted by Crippen LogP contribution is -2.14. The molecule has 3 aromatic rings. The number of pyridine rings is 1. The molecule has 0 spiro atoms. The highest BCUT2D eigenvalue weighted by Gasteiger charge is 2.19. The lowest BCUT2D eigenvalue weighted by atomic mass is 10.0. The van der Waals surface area contributed by atoms with Crippen molar-refractivity contribution >= 4 is 21.5 Å². The largest absolute Gasteiger partial charge is 0.497 e. The van der Waals surface area contributed by atoms with Gasteiger partial charge in [-0.3, -0.25) is 14.5 Å². The smallest absolute Gasteiger partial charge is 0.232 e. The summed E-state index contributed by atoms with van der Waals surface area (Å²) < 4.78 is 31.0. The summed E-state index contributed by atoms with van der Waals surface area (Å²) in [5.41, 5.74) is 4.01. The molecular formula is C22H25N3O4S. The van der Waals surface area contributed by atoms with E-state index in [0.717, 1.165) is 17.0 Å². The van der Waals surface area contributed by atoms with Crippen molar-refractivity contribution in [3.8, 4) is 5.75 Å². The molecule has 1 aromatic carbocycles. The number of aromatic nitrogens is 2. The van der Waals surface area contributed by atoms with Crippen LogP contribution in [0.25, 0.3) is 0 Å². The molecule has 8 heteroatoms. The Kier molecular flexibility index (Phi) is 6.26. The summed E-state index contributed by atoms with van der Waals surface area (Å²) in [5.74, 6) is 0.501. The van der Waals surface area contributed by atoms with Gasteiger partial charge in [-0.2, -0.15) is 0 Å². The third-order valence-corrected chi connectivity index (χ3v) is 6.27. The Balaban J connectivity index is 1.80. The second kappa shape index (κ2) is 8.71. The number of benzene rings is 1. The number of methoxy groups -OCH3 is 1. The summed E-state index contributed by atoms with van der Waals surface area (Å²) >= 11 is 0. The van der Waals surface area contributed by atoms with Crippen molar-refractivity contribution in [3.05, 3.63) is 76.9 Å². The number of nitrogens with zero attached hydrogens (tertiary/aromatic N) is 1. The number of nitrogens with one attached hydrogen (secondary N) is 2. The number of anilines is 1. The van der Waals surface area contributed by atoms with Crippen LogP contribution in [0.3, 0.4) is 0 Å². The lowest BCUT2D eigenvalue weighted by Gasteiger charge is -2.11. The number of sulfonamides is 1. The zero-order chi connectivity index (χ0) is 21.9. The van der Waals surface area contributed by atoms with Gasteiger partial charge in [-0.15, -0.1) is 0 Å². The van der Waals surface area contributed by atoms with Crippen molar-refractivity contribution < 1.29 is 17.9 Å². The van der Waals surface area contributed by atoms with Gasteiger partial charge in [0.05, 0.1) is 30.4 Å². The summed E-state index contributed by atoms with van der Waals surface area (Å²) in [6.07, 6.45) is 1.50. The molecule has 0 bridgehead atoms. The average Bonchev–Trinajstić information content (AvgIpc) is 3.14. The Bertz CT molecular complexity index is 1130. The van der Waals surface area contributed by atoms with Crippen molar-refractivity contribution in [1.82, 2.24) is 9.97 Å². The number of carbonyl (C=O) groups is 1. The highest BCUT2D eigenvalue weighted by molar-refractivity contribution is 7.92. The highest BCUT2D eigenvalue weighted by atomic mass is 32.2. The first kappa shape index (κ1) is 21.6. The molecule has 0 fully saturated rings. The van der Waals surface area contributed by atoms with E-state index in [4.69, 9.17) is 4.74 Å². The molecule has 0 radical (unpaired) electrons. The van der Waals surface area contributed by atoms with Crippen LogP contribution in [-0.2, 0) is 10.0 Å². The Morgan fingerprint density at radius 3 is 2.47 bits per heavy atom. The molecular weight excluding hydrogens is 402 g/mol. The van der Waals surface area contributed by atoms with Crippen LogP contribution in [0.4, 0.5) is 5.69 Å². The summed E-state index contributed by atoms with van der Waals surface area (Å²) in [7, 11) is -1.76. The number of carbonyl (C=O) groups excluding carboxylic acids is 1. The fourth-order valence-electron chi connectivity index (χ4n) is 3.07. The van der Waals surface area contributed by atoms with Crippen LogP contribution >= 0.6 is 0 Å². The van der Waals surface area contributed by atoms with Gasteiger partial charge in [-0.05, 0) is 61.9 Å². The maximum absolute atomic E-state index is 12.9. The maximum atomic E-state index is 12.9. The van der Waals surface area contributed by atoms with Crippen molar-refractivity contribution in [2.75, 3.05) is 17.6 Å². The van der Waals surface area contributed by atoms with Crippen LogP contribution < -0.4 is 9.46 Å². The molecule has 2 heterocycles. The van der Waals surface area contributed by atoms with Crippen molar-refractivity contribution in [2.24, 2.45) is 0 Å². The van der Waals surface area contributed by atoms with Crippen molar-refractivity contribution in [1.29, 1.82) is 0 Å². The molecule has 30 heavy (non-hydrogen) atoms. The van der Waals surface area contributed by atoms with Gasteiger partial charge in [-0.25, -0.2) is 8.42 Å². The molecule has 0 saturated heterocycles. The first-order valence-electron chi connectivity index (χ1n) is 9.58. The van der Waals surface area contributed by atoms with E-state index in [-0.39, 0.29) is 17.5 Å². The Hall–Kier alpha value is -3.13. The van der Waals surface area contributed by atoms with E-state index in [1.807, 2.05) is 19.9 Å². The fourth-order valence-corrected chi connectivity index (χ4v) is 3.70. The van der Waals surface area contributed by atoms with Crippen LogP contribution in [-0.4, -0.2) is 37.0 Å². The van der Waals surface area contributed by atoms with E-state index in [1.54, 1.807) is 50.4 Å². The van der Waals surface area contributed by atoms with Gasteiger partial charge in [0.15, 0.2) is 0 Å². The van der Waals surface area contributed by atoms with Gasteiger partial charge in [0.1, 0.15) is 5.75 Å². The first-order chi connectivity index (χ1) is 14.2. The van der Waals surface area contributed by atoms with Gasteiger partial charge in [-0.1, -0.05) is 6.92 Å². The average molecular weight is 428 g/mol. The molecule has 7 nitrogen and oxygen atoms in total. The number of H-pyrrole nitrogens is 1. The third-order valence-electron chi connectivity index (χ3n) is 4.96. The standard InChI is InChI=1S/C22H25N3O4S/c1-5-30(27,28)25-17-8-11-19(23-13-17)15(3)20-12-14(2)21(24-20)22(26)16-6-9-18(29-4)10-7-16/h6-13,15,24-25H,5H2,1-4H3. The van der Waals surface area contributed by atoms with Gasteiger partial charge < -0.3 is 9.72 Å². The number of aryl methyl sites for hydroxylation is 1. The highest BCUT2D eigenvalue weighted by Crippen LogP contribution is 2.26. The monoisotopic (exact) mass is 427 g/mol. The molecule has 0 amide bonds. The number of ether oxygens (including phenoxy) is 1. The fraction of sp³-hybridized carbons (Fsp3) is 0.273. The summed E-state index contributed by atoms with van der Waals surface area (Å²) in [4.78, 5) is 20.5. The maximum Gasteiger partial charge on any atom is 0.232 e. The van der Waals surface area contributed by atoms with Crippen LogP contribution in [0.2, 0.25) is 0 Å². The number of rotatable bonds is 8. The van der Waals surface area contributed by atoms with Gasteiger partial charge in [0.2, 0.25) is 15.8 Å². The van der Waals surface area contributed by atoms with E-state index in [0.29, 0.717) is 22.7 Å². The van der Waals surface area contributed by atoms with Crippen LogP contribution in [0.5, 0.6) is 5.75 Å². The van der Waals surface area contributed by atoms with Crippen molar-refractivity contribution in [2.45, 2.75) is 26.7 Å². The van der Waals surface area contributed by atoms with E-state index in [1.165, 1.54) is 6.20 Å². The van der Waals surface area contributed by atoms with Crippen LogP contribution in [0.1, 0.15) is 52.8 Å². The summed E-state index contributed by atoms with van der Waals surface area (Å²) in [6.45, 7) is 5.44. The molecule has 1 atom stereocenters. The zero-order valence-corrected chi connectivity index (χ0v) is 18.2. The second-order valence-electron chi connectivity index (χ2n) is 7.04. The third kappa shape index (κ3) is 4.71. The topological polar surface area (TPSA) is 101 Å². The molecule has 0 saturated carbocycles. The SMILES string of the molecule is CCS(=O)(=O)Nc1ccc(C(C)c2cc(C)c(C(=O)c3ccc(OC)cc3)[nH]2)nc1. The predicted octanol–water partition coefficient (Wildman–Crippen LogP) is 3.87. The molecule has 2 N–H and O–H groups in total. The number of hydrogen-bond acceptors (Lipinski definition) is 5. The summed E-state index contributed by atoms with van der Waals surface area (Å²) in [6, 6.07) is 12.4. The zero-order valence-electron chi connectivity index (χ0n) is 17.4. The van der Waals surface area contributed by atoms with Gasteiger partial charge in [0.25, 0.3) is 0 Å². The minimum Gasteiger partial charge on any atom is -0.497 e. The minimum atomic E-state index is -3.34. The summed E-state index contributed by atoms with van der Waals surface area (Å²) in [5, 5.41) is 0. The molecule has 2 aromatic heterocycles. The Labute approximate surface area is 176 Å². The normalized spacial score (nSPS) is 12.4. The number of aromatic amines is 1. The van der Waals surface area contributed by atoms with E-state index < -0.39 is 10.0 Å². The van der Waals surface area contributed by atoms with Crippen molar-refractivity contribution in [3.63, 3.8) is 0 Å². The lowest BCUT2D eigenvalue weighted by molar-refractivity contribution is 0.103. The van der Waals surface area contributed by atoms with Crippen LogP contribution in [0, 0.1) is 6.92 Å². The second-order valence-corrected chi connectivity index (χ2v) is 9.05. The number of ketones is 1. The minimum absolute atomic E-state index is 0.00208. The first-order valence-corrected chi connectivity index (χ1v) is 11.2. The molecule has 158 valence electrons. The quantitative estimate of drug-likeness (QED) is 0.532. The Morgan fingerprint density at radius 1 is 1.20 bits per heavy atom. The van der Waals surface area contributed by atoms with Crippen LogP contribution in [0.15, 0.2) is 48.7 Å². The Morgan fingerprint density at radius 2 is 1.90 bits per heavy atom. The molecule has 0 aliphatic heterocycles.